The molecule has 3 aromatic rings. The number of hydrogen-bond donors (Lipinski definition) is 7. The molecule has 4 aliphatic rings. The Labute approximate surface area is 506 Å². The number of primary amides is 1. The molecule has 8 N–H and O–H groups in total. The highest BCUT2D eigenvalue weighted by Gasteiger charge is 2.48. The Bertz CT molecular complexity index is 3110. The van der Waals surface area contributed by atoms with Crippen LogP contribution in [0.5, 0.6) is 23.0 Å². The number of aryl methyl sites for hydroxylation is 1. The summed E-state index contributed by atoms with van der Waals surface area (Å²) in [5.41, 5.74) is 7.38. The predicted molar refractivity (Wildman–Crippen MR) is 322 cm³/mol. The average Bonchev–Trinajstić information content (AvgIpc) is 1.68. The normalized spacial score (nSPS) is 18.6. The molecular weight excluding hydrogens is 1130 g/mol. The van der Waals surface area contributed by atoms with Gasteiger partial charge in [-0.05, 0) is 108 Å². The third-order valence-corrected chi connectivity index (χ3v) is 15.0. The summed E-state index contributed by atoms with van der Waals surface area (Å²) in [5, 5.41) is 34.2. The van der Waals surface area contributed by atoms with Crippen LogP contribution in [0.25, 0.3) is 0 Å². The SMILES string of the molecule is C=CCOC(=O)N1c2cc(OCCCCCOc3cc4c(cc3OC)C(=O)N3CC(=C)C[C@H]3[C@H](O)N4C(=O)CCc3ccc(NC(=O)[C@H](CCCNC(N)=O)NC(=O)[C@@H](NC(=O)OC(C)(C)C)C(C)C)cc3)c(OC)cc2C(=O)N2CC(=C)CC2C1O. The quantitative estimate of drug-likeness (QED) is 0.0375. The van der Waals surface area contributed by atoms with Crippen LogP contribution in [0.2, 0.25) is 0 Å². The lowest BCUT2D eigenvalue weighted by Crippen LogP contribution is -2.55. The molecule has 6 atom stereocenters. The first-order chi connectivity index (χ1) is 41.3. The Morgan fingerprint density at radius 3 is 1.79 bits per heavy atom. The second-order valence-electron chi connectivity index (χ2n) is 23.1. The molecule has 25 nitrogen and oxygen atoms in total. The molecule has 2 saturated heterocycles. The van der Waals surface area contributed by atoms with Gasteiger partial charge in [-0.2, -0.15) is 0 Å². The van der Waals surface area contributed by atoms with Crippen LogP contribution in [0, 0.1) is 5.92 Å². The van der Waals surface area contributed by atoms with Crippen molar-refractivity contribution in [3.05, 3.63) is 102 Å². The lowest BCUT2D eigenvalue weighted by atomic mass is 10.0. The first-order valence-corrected chi connectivity index (χ1v) is 29.0. The number of amides is 9. The number of nitrogens with one attached hydrogen (secondary N) is 4. The zero-order chi connectivity index (χ0) is 63.4. The van der Waals surface area contributed by atoms with E-state index in [1.54, 1.807) is 58.9 Å². The zero-order valence-corrected chi connectivity index (χ0v) is 50.4. The van der Waals surface area contributed by atoms with E-state index in [0.717, 1.165) is 10.5 Å². The van der Waals surface area contributed by atoms with Crippen LogP contribution in [0.1, 0.15) is 112 Å². The van der Waals surface area contributed by atoms with Crippen LogP contribution in [0.15, 0.2) is 85.5 Å². The molecule has 87 heavy (non-hydrogen) atoms. The summed E-state index contributed by atoms with van der Waals surface area (Å²) in [6, 6.07) is 8.26. The van der Waals surface area contributed by atoms with Crippen molar-refractivity contribution in [2.24, 2.45) is 11.7 Å². The van der Waals surface area contributed by atoms with Crippen molar-refractivity contribution in [1.82, 2.24) is 25.8 Å². The molecule has 2 fully saturated rings. The number of methoxy groups -OCH3 is 2. The number of unbranched alkanes of at least 4 members (excludes halogenated alkanes) is 2. The number of nitrogens with zero attached hydrogens (tertiary/aromatic N) is 4. The minimum Gasteiger partial charge on any atom is -0.493 e. The van der Waals surface area contributed by atoms with Crippen LogP contribution in [-0.4, -0.2) is 164 Å². The van der Waals surface area contributed by atoms with E-state index in [0.29, 0.717) is 36.1 Å². The van der Waals surface area contributed by atoms with Crippen LogP contribution in [-0.2, 0) is 30.3 Å². The molecule has 2 unspecified atom stereocenters. The minimum absolute atomic E-state index is 0.0902. The zero-order valence-electron chi connectivity index (χ0n) is 50.4. The van der Waals surface area contributed by atoms with Crippen molar-refractivity contribution in [3.63, 3.8) is 0 Å². The molecule has 7 rings (SSSR count). The number of benzene rings is 3. The van der Waals surface area contributed by atoms with Gasteiger partial charge < -0.3 is 75.4 Å². The highest BCUT2D eigenvalue weighted by molar-refractivity contribution is 6.08. The van der Waals surface area contributed by atoms with E-state index in [-0.39, 0.29) is 129 Å². The van der Waals surface area contributed by atoms with Crippen molar-refractivity contribution in [2.45, 2.75) is 135 Å². The molecule has 3 aromatic carbocycles. The van der Waals surface area contributed by atoms with Gasteiger partial charge >= 0.3 is 18.2 Å². The molecular formula is C62H81N9O16. The van der Waals surface area contributed by atoms with Crippen LogP contribution < -0.4 is 55.7 Å². The average molecular weight is 1210 g/mol. The van der Waals surface area contributed by atoms with Gasteiger partial charge in [0.05, 0.1) is 62.0 Å². The number of carbonyl (C=O) groups is 8. The molecule has 0 saturated carbocycles. The van der Waals surface area contributed by atoms with E-state index in [1.165, 1.54) is 59.3 Å². The van der Waals surface area contributed by atoms with E-state index in [1.807, 2.05) is 0 Å². The number of anilines is 3. The Balaban J connectivity index is 1.000. The topological polar surface area (TPSA) is 320 Å². The maximum atomic E-state index is 14.5. The van der Waals surface area contributed by atoms with Gasteiger partial charge in [0.2, 0.25) is 17.7 Å². The van der Waals surface area contributed by atoms with E-state index >= 15 is 0 Å². The van der Waals surface area contributed by atoms with Gasteiger partial charge in [0, 0.05) is 43.9 Å². The summed E-state index contributed by atoms with van der Waals surface area (Å²) in [6.45, 7) is 21.0. The molecule has 0 aliphatic carbocycles. The Morgan fingerprint density at radius 1 is 0.747 bits per heavy atom. The largest absolute Gasteiger partial charge is 0.493 e. The van der Waals surface area contributed by atoms with Crippen LogP contribution >= 0.6 is 0 Å². The number of urea groups is 1. The second kappa shape index (κ2) is 29.0. The molecule has 0 bridgehead atoms. The number of nitrogens with two attached hydrogens (primary N) is 1. The summed E-state index contributed by atoms with van der Waals surface area (Å²) in [6.07, 6.45) is -0.553. The molecule has 0 spiro atoms. The molecule has 4 heterocycles. The van der Waals surface area contributed by atoms with Crippen molar-refractivity contribution < 1.29 is 77.0 Å². The van der Waals surface area contributed by atoms with Crippen molar-refractivity contribution >= 4 is 64.8 Å². The monoisotopic (exact) mass is 1210 g/mol. The van der Waals surface area contributed by atoms with E-state index in [4.69, 9.17) is 34.2 Å². The molecule has 470 valence electrons. The number of rotatable bonds is 25. The highest BCUT2D eigenvalue weighted by atomic mass is 16.6. The maximum absolute atomic E-state index is 14.5. The van der Waals surface area contributed by atoms with Gasteiger partial charge in [0.15, 0.2) is 35.5 Å². The summed E-state index contributed by atoms with van der Waals surface area (Å²) in [7, 11) is 2.86. The third kappa shape index (κ3) is 16.2. The van der Waals surface area contributed by atoms with Gasteiger partial charge in [0.25, 0.3) is 11.8 Å². The van der Waals surface area contributed by atoms with Gasteiger partial charge in [-0.25, -0.2) is 19.3 Å². The maximum Gasteiger partial charge on any atom is 0.416 e. The van der Waals surface area contributed by atoms with E-state index in [9.17, 15) is 48.6 Å². The summed E-state index contributed by atoms with van der Waals surface area (Å²) in [5.74, 6) is -1.99. The van der Waals surface area contributed by atoms with Gasteiger partial charge in [-0.15, -0.1) is 0 Å². The number of fused-ring (bicyclic) bond motifs is 4. The molecule has 4 aliphatic heterocycles. The number of aliphatic hydroxyl groups is 2. The summed E-state index contributed by atoms with van der Waals surface area (Å²) < 4.78 is 34.5. The number of aliphatic hydroxyl groups excluding tert-OH is 2. The second-order valence-corrected chi connectivity index (χ2v) is 23.1. The van der Waals surface area contributed by atoms with Gasteiger partial charge in [0.1, 0.15) is 24.3 Å². The third-order valence-electron chi connectivity index (χ3n) is 15.0. The minimum atomic E-state index is -1.46. The fourth-order valence-electron chi connectivity index (χ4n) is 10.8. The lowest BCUT2D eigenvalue weighted by molar-refractivity contribution is -0.128. The Kier molecular flexibility index (Phi) is 21.9. The molecule has 9 amide bonds. The van der Waals surface area contributed by atoms with Crippen LogP contribution in [0.4, 0.5) is 31.4 Å². The van der Waals surface area contributed by atoms with Crippen molar-refractivity contribution in [3.8, 4) is 23.0 Å². The summed E-state index contributed by atoms with van der Waals surface area (Å²) in [4.78, 5) is 113. The fraction of sp³-hybridized carbons (Fsp3) is 0.484. The standard InChI is InChI=1S/C62H81N9O16/c1-11-24-86-61(81)71-44-32-50(48(83-10)30-41(44)56(76)69-34-37(5)28-46(69)58(71)78)85-26-14-12-13-25-84-49-31-43-40(29-47(49)82-9)55(75)68-33-36(4)27-45(68)57(77)70(43)51(72)22-19-38-17-20-39(21-18-38)65-53(73)42(16-15-23-64-59(63)79)66-54(74)52(35(2)3)67-60(80)87-62(6,7)8/h11,17-18,20-21,29-32,35,42,45-46,52,57-58,77-78H,1,4-5,12-16,19,22-28,33-34H2,2-3,6-10H3,(H,65,73)(H,66,74)(H,67,80)(H3,63,64,79)/t42-,45-,46?,52-,57-,58?/m0/s1. The number of alkyl carbamates (subject to hydrolysis) is 1. The molecule has 0 radical (unpaired) electrons. The predicted octanol–water partition coefficient (Wildman–Crippen LogP) is 6.05. The smallest absolute Gasteiger partial charge is 0.416 e. The van der Waals surface area contributed by atoms with Gasteiger partial charge in [-0.3, -0.25) is 28.9 Å². The van der Waals surface area contributed by atoms with E-state index < -0.39 is 90.0 Å². The van der Waals surface area contributed by atoms with Crippen molar-refractivity contribution in [1.29, 1.82) is 0 Å². The lowest BCUT2D eigenvalue weighted by Gasteiger charge is -2.32. The Morgan fingerprint density at radius 2 is 1.29 bits per heavy atom. The number of carbonyl (C=O) groups excluding carboxylic acids is 8. The van der Waals surface area contributed by atoms with Crippen LogP contribution in [0.3, 0.4) is 0 Å². The number of hydrogen-bond acceptors (Lipinski definition) is 16. The molecule has 0 aromatic heterocycles. The first kappa shape index (κ1) is 65.7. The fourth-order valence-corrected chi connectivity index (χ4v) is 10.8. The highest BCUT2D eigenvalue weighted by Crippen LogP contribution is 2.44. The number of ether oxygens (including phenoxy) is 6. The Hall–Kier alpha value is -8.84. The molecule has 25 heteroatoms. The summed E-state index contributed by atoms with van der Waals surface area (Å²) >= 11 is 0. The first-order valence-electron chi connectivity index (χ1n) is 29.0. The van der Waals surface area contributed by atoms with Gasteiger partial charge in [-0.1, -0.05) is 62.9 Å². The van der Waals surface area contributed by atoms with E-state index in [2.05, 4.69) is 41.0 Å². The van der Waals surface area contributed by atoms with Crippen molar-refractivity contribution in [2.75, 3.05) is 68.8 Å².